The molecule has 11 heteroatoms. The van der Waals surface area contributed by atoms with Gasteiger partial charge >= 0.3 is 12.6 Å². The van der Waals surface area contributed by atoms with Crippen molar-refractivity contribution < 1.29 is 27.4 Å². The van der Waals surface area contributed by atoms with Crippen LogP contribution in [-0.2, 0) is 4.74 Å². The number of alkyl halides is 2. The molecule has 0 bridgehead atoms. The first-order valence-electron chi connectivity index (χ1n) is 8.65. The third-order valence-electron chi connectivity index (χ3n) is 4.11. The number of ether oxygens (including phenoxy) is 2. The van der Waals surface area contributed by atoms with E-state index in [0.717, 1.165) is 12.6 Å². The van der Waals surface area contributed by atoms with Gasteiger partial charge in [0, 0.05) is 13.1 Å². The zero-order chi connectivity index (χ0) is 20.8. The fourth-order valence-corrected chi connectivity index (χ4v) is 2.78. The number of rotatable bonds is 5. The molecule has 0 saturated carbocycles. The summed E-state index contributed by atoms with van der Waals surface area (Å²) in [6.45, 7) is -1.33. The van der Waals surface area contributed by atoms with Crippen LogP contribution in [0.3, 0.4) is 0 Å². The summed E-state index contributed by atoms with van der Waals surface area (Å²) < 4.78 is 49.3. The molecule has 30 heavy (non-hydrogen) atoms. The molecule has 1 aliphatic heterocycles. The number of anilines is 2. The first kappa shape index (κ1) is 23.3. The molecule has 3 rings (SSSR count). The number of morpholine rings is 1. The van der Waals surface area contributed by atoms with Crippen molar-refractivity contribution in [1.82, 2.24) is 5.32 Å². The summed E-state index contributed by atoms with van der Waals surface area (Å²) in [6, 6.07) is 8.77. The van der Waals surface area contributed by atoms with Gasteiger partial charge in [-0.05, 0) is 35.9 Å². The van der Waals surface area contributed by atoms with Gasteiger partial charge < -0.3 is 25.4 Å². The minimum Gasteiger partial charge on any atom is -0.433 e. The van der Waals surface area contributed by atoms with Crippen LogP contribution in [0, 0.1) is 17.1 Å². The van der Waals surface area contributed by atoms with Crippen molar-refractivity contribution in [3.05, 3.63) is 53.3 Å². The molecular formula is C19H18ClF3N4O3. The lowest BCUT2D eigenvalue weighted by molar-refractivity contribution is -0.0493. The summed E-state index contributed by atoms with van der Waals surface area (Å²) in [5.41, 5.74) is 0.483. The average Bonchev–Trinajstić information content (AvgIpc) is 2.71. The van der Waals surface area contributed by atoms with Crippen molar-refractivity contribution in [2.45, 2.75) is 12.7 Å². The van der Waals surface area contributed by atoms with Crippen molar-refractivity contribution in [3.63, 3.8) is 0 Å². The second kappa shape index (κ2) is 10.7. The molecule has 1 aliphatic rings. The van der Waals surface area contributed by atoms with E-state index in [1.54, 1.807) is 6.07 Å². The van der Waals surface area contributed by atoms with Crippen molar-refractivity contribution in [2.24, 2.45) is 0 Å². The number of hydrogen-bond acceptors (Lipinski definition) is 5. The zero-order valence-electron chi connectivity index (χ0n) is 15.5. The van der Waals surface area contributed by atoms with Gasteiger partial charge in [-0.2, -0.15) is 14.0 Å². The SMILES string of the molecule is Cl.N#Cc1ccc(OC(F)F)c(NC(=O)Nc2ccc([C@@H]3CNCCO3)cc2F)c1. The van der Waals surface area contributed by atoms with Crippen LogP contribution in [-0.4, -0.2) is 32.3 Å². The molecule has 2 aromatic carbocycles. The molecule has 2 aromatic rings. The number of carbonyl (C=O) groups excluding carboxylic acids is 1. The van der Waals surface area contributed by atoms with E-state index >= 15 is 0 Å². The maximum atomic E-state index is 14.4. The molecule has 3 N–H and O–H groups in total. The van der Waals surface area contributed by atoms with Gasteiger partial charge in [-0.1, -0.05) is 6.07 Å². The molecular weight excluding hydrogens is 425 g/mol. The van der Waals surface area contributed by atoms with Gasteiger partial charge in [-0.3, -0.25) is 0 Å². The molecule has 1 fully saturated rings. The third kappa shape index (κ3) is 6.00. The van der Waals surface area contributed by atoms with E-state index in [1.165, 1.54) is 24.3 Å². The minimum absolute atomic E-state index is 0. The molecule has 160 valence electrons. The number of urea groups is 1. The molecule has 0 spiro atoms. The second-order valence-corrected chi connectivity index (χ2v) is 6.08. The van der Waals surface area contributed by atoms with Crippen LogP contribution in [0.25, 0.3) is 0 Å². The summed E-state index contributed by atoms with van der Waals surface area (Å²) in [5.74, 6) is -1.01. The fraction of sp³-hybridized carbons (Fsp3) is 0.263. The molecule has 7 nitrogen and oxygen atoms in total. The number of nitrogens with zero attached hydrogens (tertiary/aromatic N) is 1. The summed E-state index contributed by atoms with van der Waals surface area (Å²) in [5, 5.41) is 16.7. The third-order valence-corrected chi connectivity index (χ3v) is 4.11. The fourth-order valence-electron chi connectivity index (χ4n) is 2.78. The number of nitrogens with one attached hydrogen (secondary N) is 3. The molecule has 2 amide bonds. The molecule has 0 radical (unpaired) electrons. The molecule has 1 atom stereocenters. The van der Waals surface area contributed by atoms with Gasteiger partial charge in [0.05, 0.1) is 35.7 Å². The average molecular weight is 443 g/mol. The standard InChI is InChI=1S/C19H17F3N4O3.ClH/c20-13-8-12(17-10-24-5-6-28-17)2-3-14(13)25-19(27)26-15-7-11(9-23)1-4-16(15)29-18(21)22;/h1-4,7-8,17-18,24H,5-6,10H2,(H2,25,26,27);1H/t17-;/m0./s1. The minimum atomic E-state index is -3.12. The Morgan fingerprint density at radius 2 is 2.00 bits per heavy atom. The van der Waals surface area contributed by atoms with Gasteiger partial charge in [0.25, 0.3) is 0 Å². The largest absolute Gasteiger partial charge is 0.433 e. The maximum absolute atomic E-state index is 14.4. The highest BCUT2D eigenvalue weighted by Crippen LogP contribution is 2.28. The maximum Gasteiger partial charge on any atom is 0.387 e. The molecule has 1 heterocycles. The van der Waals surface area contributed by atoms with E-state index in [9.17, 15) is 18.0 Å². The Morgan fingerprint density at radius 3 is 2.63 bits per heavy atom. The van der Waals surface area contributed by atoms with E-state index in [-0.39, 0.29) is 41.2 Å². The second-order valence-electron chi connectivity index (χ2n) is 6.08. The Kier molecular flexibility index (Phi) is 8.29. The Labute approximate surface area is 176 Å². The van der Waals surface area contributed by atoms with Gasteiger partial charge in [0.1, 0.15) is 11.6 Å². The van der Waals surface area contributed by atoms with Crippen molar-refractivity contribution in [1.29, 1.82) is 5.26 Å². The first-order chi connectivity index (χ1) is 14.0. The number of amides is 2. The van der Waals surface area contributed by atoms with E-state index in [1.807, 2.05) is 6.07 Å². The van der Waals surface area contributed by atoms with Crippen LogP contribution in [0.2, 0.25) is 0 Å². The summed E-state index contributed by atoms with van der Waals surface area (Å²) in [7, 11) is 0. The number of nitriles is 1. The van der Waals surface area contributed by atoms with Gasteiger partial charge in [-0.15, -0.1) is 12.4 Å². The smallest absolute Gasteiger partial charge is 0.387 e. The van der Waals surface area contributed by atoms with Crippen molar-refractivity contribution >= 4 is 29.8 Å². The zero-order valence-corrected chi connectivity index (χ0v) is 16.3. The van der Waals surface area contributed by atoms with Gasteiger partial charge in [0.15, 0.2) is 0 Å². The Balaban J connectivity index is 0.00000320. The number of hydrogen-bond donors (Lipinski definition) is 3. The number of carbonyl (C=O) groups is 1. The number of halogens is 4. The quantitative estimate of drug-likeness (QED) is 0.650. The van der Waals surface area contributed by atoms with E-state index in [4.69, 9.17) is 10.00 Å². The Hall–Kier alpha value is -3.00. The lowest BCUT2D eigenvalue weighted by Gasteiger charge is -2.24. The van der Waals surface area contributed by atoms with Crippen LogP contribution in [0.5, 0.6) is 5.75 Å². The first-order valence-corrected chi connectivity index (χ1v) is 8.65. The highest BCUT2D eigenvalue weighted by Gasteiger charge is 2.18. The lowest BCUT2D eigenvalue weighted by atomic mass is 10.1. The normalized spacial score (nSPS) is 15.6. The van der Waals surface area contributed by atoms with Crippen LogP contribution in [0.4, 0.5) is 29.3 Å². The van der Waals surface area contributed by atoms with E-state index in [2.05, 4.69) is 20.7 Å². The predicted molar refractivity (Wildman–Crippen MR) is 106 cm³/mol. The lowest BCUT2D eigenvalue weighted by Crippen LogP contribution is -2.33. The Bertz CT molecular complexity index is 934. The van der Waals surface area contributed by atoms with E-state index in [0.29, 0.717) is 18.7 Å². The summed E-state index contributed by atoms with van der Waals surface area (Å²) in [6.07, 6.45) is -0.288. The van der Waals surface area contributed by atoms with Crippen LogP contribution >= 0.6 is 12.4 Å². The topological polar surface area (TPSA) is 95.4 Å². The highest BCUT2D eigenvalue weighted by atomic mass is 35.5. The van der Waals surface area contributed by atoms with E-state index < -0.39 is 18.5 Å². The van der Waals surface area contributed by atoms with Crippen LogP contribution in [0.1, 0.15) is 17.2 Å². The molecule has 0 aromatic heterocycles. The van der Waals surface area contributed by atoms with Crippen molar-refractivity contribution in [2.75, 3.05) is 30.3 Å². The van der Waals surface area contributed by atoms with Crippen molar-refractivity contribution in [3.8, 4) is 11.8 Å². The Morgan fingerprint density at radius 1 is 1.23 bits per heavy atom. The van der Waals surface area contributed by atoms with Gasteiger partial charge in [0.2, 0.25) is 0 Å². The molecule has 0 unspecified atom stereocenters. The summed E-state index contributed by atoms with van der Waals surface area (Å²) >= 11 is 0. The molecule has 0 aliphatic carbocycles. The molecule has 1 saturated heterocycles. The predicted octanol–water partition coefficient (Wildman–Crippen LogP) is 4.03. The summed E-state index contributed by atoms with van der Waals surface area (Å²) in [4.78, 5) is 12.2. The van der Waals surface area contributed by atoms with Crippen LogP contribution in [0.15, 0.2) is 36.4 Å². The highest BCUT2D eigenvalue weighted by molar-refractivity contribution is 6.00. The van der Waals surface area contributed by atoms with Crippen LogP contribution < -0.4 is 20.7 Å². The van der Waals surface area contributed by atoms with Gasteiger partial charge in [-0.25, -0.2) is 9.18 Å². The number of benzene rings is 2. The monoisotopic (exact) mass is 442 g/mol.